The van der Waals surface area contributed by atoms with Gasteiger partial charge in [0.2, 0.25) is 0 Å². The minimum Gasteiger partial charge on any atom is -0.495 e. The molecule has 158 valence electrons. The van der Waals surface area contributed by atoms with Gasteiger partial charge in [0.05, 0.1) is 18.5 Å². The second kappa shape index (κ2) is 8.71. The fraction of sp³-hybridized carbons (Fsp3) is 0.409. The first-order valence-corrected chi connectivity index (χ1v) is 9.59. The topological polar surface area (TPSA) is 120 Å². The number of rotatable bonds is 5. The molecule has 0 radical (unpaired) electrons. The molecule has 0 aromatic heterocycles. The summed E-state index contributed by atoms with van der Waals surface area (Å²) < 4.78 is 5.37. The summed E-state index contributed by atoms with van der Waals surface area (Å²) in [5.41, 5.74) is 16.1. The molecule has 2 rings (SSSR count). The number of hydrogen-bond donors (Lipinski definition) is 4. The molecule has 0 heterocycles. The van der Waals surface area contributed by atoms with Gasteiger partial charge in [0.25, 0.3) is 5.91 Å². The fourth-order valence-corrected chi connectivity index (χ4v) is 3.10. The number of nitrogens with two attached hydrogens (primary N) is 3. The van der Waals surface area contributed by atoms with E-state index in [1.807, 2.05) is 37.3 Å². The molecule has 0 saturated heterocycles. The number of hydrazine groups is 1. The molecule has 1 aromatic rings. The van der Waals surface area contributed by atoms with E-state index in [4.69, 9.17) is 22.0 Å². The third kappa shape index (κ3) is 5.40. The highest BCUT2D eigenvalue weighted by Gasteiger charge is 2.24. The van der Waals surface area contributed by atoms with Gasteiger partial charge in [0, 0.05) is 11.7 Å². The van der Waals surface area contributed by atoms with Crippen molar-refractivity contribution in [2.45, 2.75) is 47.1 Å². The number of nitrogens with zero attached hydrogens (tertiary/aromatic N) is 1. The van der Waals surface area contributed by atoms with E-state index in [-0.39, 0.29) is 17.2 Å². The summed E-state index contributed by atoms with van der Waals surface area (Å²) in [6.45, 7) is 10.0. The SMILES string of the molecule is COc1ccc(C)cc1N(N)/C(C)=C(\N)C(=O)NC1=CC(N)CC(C(C)(C)C)=C1. The monoisotopic (exact) mass is 399 g/mol. The van der Waals surface area contributed by atoms with Crippen molar-refractivity contribution in [1.29, 1.82) is 0 Å². The molecule has 1 amide bonds. The van der Waals surface area contributed by atoms with Crippen LogP contribution >= 0.6 is 0 Å². The van der Waals surface area contributed by atoms with E-state index >= 15 is 0 Å². The summed E-state index contributed by atoms with van der Waals surface area (Å²) in [6, 6.07) is 5.46. The number of carbonyl (C=O) groups is 1. The van der Waals surface area contributed by atoms with Gasteiger partial charge in [-0.25, -0.2) is 5.84 Å². The zero-order chi connectivity index (χ0) is 21.9. The first kappa shape index (κ1) is 22.5. The second-order valence-corrected chi connectivity index (χ2v) is 8.41. The van der Waals surface area contributed by atoms with Crippen molar-refractivity contribution < 1.29 is 9.53 Å². The van der Waals surface area contributed by atoms with Crippen molar-refractivity contribution in [3.63, 3.8) is 0 Å². The second-order valence-electron chi connectivity index (χ2n) is 8.41. The molecule has 0 bridgehead atoms. The van der Waals surface area contributed by atoms with E-state index in [0.717, 1.165) is 12.0 Å². The molecule has 1 aliphatic rings. The summed E-state index contributed by atoms with van der Waals surface area (Å²) in [7, 11) is 1.56. The van der Waals surface area contributed by atoms with Crippen LogP contribution in [0.25, 0.3) is 0 Å². The van der Waals surface area contributed by atoms with Crippen LogP contribution < -0.4 is 32.4 Å². The van der Waals surface area contributed by atoms with Crippen LogP contribution in [0, 0.1) is 12.3 Å². The number of ether oxygens (including phenoxy) is 1. The van der Waals surface area contributed by atoms with Crippen LogP contribution in [0.15, 0.2) is 53.0 Å². The summed E-state index contributed by atoms with van der Waals surface area (Å²) in [6.07, 6.45) is 4.56. The van der Waals surface area contributed by atoms with Gasteiger partial charge >= 0.3 is 0 Å². The quantitative estimate of drug-likeness (QED) is 0.343. The Balaban J connectivity index is 2.27. The van der Waals surface area contributed by atoms with Crippen LogP contribution in [-0.2, 0) is 4.79 Å². The highest BCUT2D eigenvalue weighted by atomic mass is 16.5. The maximum Gasteiger partial charge on any atom is 0.273 e. The molecule has 1 unspecified atom stereocenters. The molecule has 1 aromatic carbocycles. The van der Waals surface area contributed by atoms with Crippen LogP contribution in [0.2, 0.25) is 0 Å². The van der Waals surface area contributed by atoms with Crippen molar-refractivity contribution in [2.24, 2.45) is 22.7 Å². The summed E-state index contributed by atoms with van der Waals surface area (Å²) in [4.78, 5) is 12.8. The molecule has 0 saturated carbocycles. The normalized spacial score (nSPS) is 17.7. The Morgan fingerprint density at radius 2 is 1.97 bits per heavy atom. The third-order valence-electron chi connectivity index (χ3n) is 4.99. The molecular weight excluding hydrogens is 366 g/mol. The number of benzene rings is 1. The van der Waals surface area contributed by atoms with Crippen molar-refractivity contribution >= 4 is 11.6 Å². The van der Waals surface area contributed by atoms with Crippen LogP contribution in [0.3, 0.4) is 0 Å². The number of nitrogens with one attached hydrogen (secondary N) is 1. The standard InChI is InChI=1S/C22H33N5O2/c1-13-7-8-19(29-6)18(9-13)27(25)14(2)20(24)21(28)26-17-11-15(22(3,4)5)10-16(23)12-17/h7-9,11-12,16H,10,23-25H2,1-6H3,(H,26,28)/b20-14-. The van der Waals surface area contributed by atoms with Crippen molar-refractivity contribution in [3.05, 3.63) is 58.6 Å². The van der Waals surface area contributed by atoms with E-state index in [0.29, 0.717) is 22.8 Å². The summed E-state index contributed by atoms with van der Waals surface area (Å²) >= 11 is 0. The Labute approximate surface area is 173 Å². The third-order valence-corrected chi connectivity index (χ3v) is 4.99. The average molecular weight is 400 g/mol. The van der Waals surface area contributed by atoms with Gasteiger partial charge in [-0.1, -0.05) is 32.4 Å². The van der Waals surface area contributed by atoms with Gasteiger partial charge in [0.15, 0.2) is 0 Å². The van der Waals surface area contributed by atoms with E-state index in [2.05, 4.69) is 26.1 Å². The zero-order valence-electron chi connectivity index (χ0n) is 18.2. The predicted molar refractivity (Wildman–Crippen MR) is 118 cm³/mol. The number of aryl methyl sites for hydroxylation is 1. The van der Waals surface area contributed by atoms with Gasteiger partial charge in [-0.15, -0.1) is 0 Å². The van der Waals surface area contributed by atoms with Crippen molar-refractivity contribution in [1.82, 2.24) is 5.32 Å². The Bertz CT molecular complexity index is 878. The maximum atomic E-state index is 12.8. The Morgan fingerprint density at radius 1 is 1.31 bits per heavy atom. The number of carbonyl (C=O) groups excluding carboxylic acids is 1. The molecular formula is C22H33N5O2. The van der Waals surface area contributed by atoms with Crippen molar-refractivity contribution in [2.75, 3.05) is 12.1 Å². The number of methoxy groups -OCH3 is 1. The Hall–Kier alpha value is -2.77. The van der Waals surface area contributed by atoms with Gasteiger partial charge in [-0.3, -0.25) is 9.80 Å². The lowest BCUT2D eigenvalue weighted by atomic mass is 9.80. The van der Waals surface area contributed by atoms with Gasteiger partial charge < -0.3 is 21.5 Å². The lowest BCUT2D eigenvalue weighted by Gasteiger charge is -2.29. The van der Waals surface area contributed by atoms with E-state index in [1.165, 1.54) is 10.6 Å². The van der Waals surface area contributed by atoms with E-state index in [1.54, 1.807) is 14.0 Å². The molecule has 1 aliphatic carbocycles. The molecule has 0 spiro atoms. The van der Waals surface area contributed by atoms with E-state index in [9.17, 15) is 4.79 Å². The molecule has 7 nitrogen and oxygen atoms in total. The summed E-state index contributed by atoms with van der Waals surface area (Å²) in [5.74, 6) is 6.40. The lowest BCUT2D eigenvalue weighted by Crippen LogP contribution is -2.37. The molecule has 0 fully saturated rings. The molecule has 1 atom stereocenters. The van der Waals surface area contributed by atoms with Gasteiger partial charge in [-0.05, 0) is 55.5 Å². The van der Waals surface area contributed by atoms with Crippen LogP contribution in [0.5, 0.6) is 5.75 Å². The number of allylic oxidation sites excluding steroid dienone is 2. The number of hydrogen-bond acceptors (Lipinski definition) is 6. The van der Waals surface area contributed by atoms with Gasteiger partial charge in [0.1, 0.15) is 11.4 Å². The fourth-order valence-electron chi connectivity index (χ4n) is 3.10. The highest BCUT2D eigenvalue weighted by molar-refractivity contribution is 5.95. The zero-order valence-corrected chi connectivity index (χ0v) is 18.2. The summed E-state index contributed by atoms with van der Waals surface area (Å²) in [5, 5.41) is 4.21. The minimum atomic E-state index is -0.436. The van der Waals surface area contributed by atoms with Gasteiger partial charge in [-0.2, -0.15) is 0 Å². The number of anilines is 1. The predicted octanol–water partition coefficient (Wildman–Crippen LogP) is 2.58. The molecule has 7 heteroatoms. The largest absolute Gasteiger partial charge is 0.495 e. The first-order valence-electron chi connectivity index (χ1n) is 9.59. The number of amides is 1. The minimum absolute atomic E-state index is 0.0156. The first-order chi connectivity index (χ1) is 13.4. The lowest BCUT2D eigenvalue weighted by molar-refractivity contribution is -0.116. The van der Waals surface area contributed by atoms with Crippen LogP contribution in [0.4, 0.5) is 5.69 Å². The van der Waals surface area contributed by atoms with Crippen LogP contribution in [0.1, 0.15) is 39.7 Å². The smallest absolute Gasteiger partial charge is 0.273 e. The maximum absolute atomic E-state index is 12.8. The Kier molecular flexibility index (Phi) is 6.77. The van der Waals surface area contributed by atoms with Crippen LogP contribution in [-0.4, -0.2) is 19.1 Å². The molecule has 29 heavy (non-hydrogen) atoms. The molecule has 7 N–H and O–H groups in total. The highest BCUT2D eigenvalue weighted by Crippen LogP contribution is 2.32. The average Bonchev–Trinajstić information content (AvgIpc) is 2.64. The Morgan fingerprint density at radius 3 is 2.55 bits per heavy atom. The van der Waals surface area contributed by atoms with E-state index < -0.39 is 5.91 Å². The van der Waals surface area contributed by atoms with Crippen molar-refractivity contribution in [3.8, 4) is 5.75 Å². The molecule has 0 aliphatic heterocycles.